The second kappa shape index (κ2) is 17.4. The molecule has 260 valence electrons. The predicted octanol–water partition coefficient (Wildman–Crippen LogP) is 7.07. The number of nitrogens with zero attached hydrogens (tertiary/aromatic N) is 2. The van der Waals surface area contributed by atoms with E-state index in [1.165, 1.54) is 37.3 Å². The van der Waals surface area contributed by atoms with E-state index in [0.717, 1.165) is 28.3 Å². The number of amides is 2. The molecular formula is C37H41Cl2N3O6S. The third kappa shape index (κ3) is 9.68. The molecule has 4 aromatic carbocycles. The van der Waals surface area contributed by atoms with Crippen LogP contribution in [0.5, 0.6) is 11.5 Å². The Kier molecular flexibility index (Phi) is 13.4. The minimum absolute atomic E-state index is 0.0232. The van der Waals surface area contributed by atoms with Gasteiger partial charge in [0.05, 0.1) is 34.8 Å². The van der Waals surface area contributed by atoms with Gasteiger partial charge in [0.25, 0.3) is 10.0 Å². The number of ether oxygens (including phenoxy) is 2. The van der Waals surface area contributed by atoms with Gasteiger partial charge in [0.1, 0.15) is 24.1 Å². The topological polar surface area (TPSA) is 105 Å². The summed E-state index contributed by atoms with van der Waals surface area (Å²) in [6.45, 7) is 3.58. The summed E-state index contributed by atoms with van der Waals surface area (Å²) in [7, 11) is -1.48. The van der Waals surface area contributed by atoms with Crippen molar-refractivity contribution in [1.82, 2.24) is 10.2 Å². The number of halogens is 2. The highest BCUT2D eigenvalue weighted by Gasteiger charge is 2.36. The average molecular weight is 727 g/mol. The van der Waals surface area contributed by atoms with Gasteiger partial charge in [-0.1, -0.05) is 90.6 Å². The molecule has 0 heterocycles. The van der Waals surface area contributed by atoms with E-state index in [0.29, 0.717) is 22.9 Å². The van der Waals surface area contributed by atoms with Crippen LogP contribution in [0.15, 0.2) is 95.9 Å². The molecule has 9 nitrogen and oxygen atoms in total. The van der Waals surface area contributed by atoms with E-state index >= 15 is 0 Å². The normalized spacial score (nSPS) is 11.8. The first-order chi connectivity index (χ1) is 23.5. The number of sulfonamides is 1. The molecule has 0 spiro atoms. The Morgan fingerprint density at radius 3 is 2.20 bits per heavy atom. The van der Waals surface area contributed by atoms with E-state index in [4.69, 9.17) is 32.7 Å². The zero-order valence-electron chi connectivity index (χ0n) is 28.0. The quantitative estimate of drug-likeness (QED) is 0.124. The van der Waals surface area contributed by atoms with Crippen molar-refractivity contribution in [1.29, 1.82) is 0 Å². The largest absolute Gasteiger partial charge is 0.497 e. The maximum atomic E-state index is 14.7. The third-order valence-corrected chi connectivity index (χ3v) is 10.5. The number of carbonyl (C=O) groups is 2. The van der Waals surface area contributed by atoms with Gasteiger partial charge in [0.2, 0.25) is 11.8 Å². The number of benzene rings is 4. The highest BCUT2D eigenvalue weighted by molar-refractivity contribution is 7.92. The van der Waals surface area contributed by atoms with Crippen molar-refractivity contribution < 1.29 is 27.5 Å². The van der Waals surface area contributed by atoms with Crippen molar-refractivity contribution in [3.8, 4) is 11.5 Å². The second-order valence-electron chi connectivity index (χ2n) is 11.5. The summed E-state index contributed by atoms with van der Waals surface area (Å²) in [6, 6.07) is 24.4. The fourth-order valence-electron chi connectivity index (χ4n) is 5.24. The van der Waals surface area contributed by atoms with E-state index in [1.54, 1.807) is 42.5 Å². The molecule has 0 saturated heterocycles. The SMILES string of the molecule is CCCCNC(=O)C(Cc1ccccc1)N(Cc1ccc(Cl)c(Cl)c1)C(=O)CN(c1cc(OC)ccc1OC)S(=O)(=O)c1ccc(C)cc1. The Bertz CT molecular complexity index is 1840. The molecule has 0 aromatic heterocycles. The van der Waals surface area contributed by atoms with Crippen molar-refractivity contribution in [3.63, 3.8) is 0 Å². The van der Waals surface area contributed by atoms with Crippen LogP contribution in [0.2, 0.25) is 10.0 Å². The minimum Gasteiger partial charge on any atom is -0.497 e. The minimum atomic E-state index is -4.35. The first kappa shape index (κ1) is 37.6. The second-order valence-corrected chi connectivity index (χ2v) is 14.2. The Hall–Kier alpha value is -4.25. The fourth-order valence-corrected chi connectivity index (χ4v) is 6.97. The molecule has 0 fully saturated rings. The number of hydrogen-bond donors (Lipinski definition) is 1. The summed E-state index contributed by atoms with van der Waals surface area (Å²) in [6.07, 6.45) is 1.80. The molecule has 4 aromatic rings. The molecule has 1 unspecified atom stereocenters. The standard InChI is InChI=1S/C37H41Cl2N3O6S/c1-5-6-20-40-37(44)34(22-27-10-8-7-9-11-27)41(24-28-14-18-31(38)32(39)21-28)36(43)25-42(33-23-29(47-3)15-19-35(33)48-4)49(45,46)30-16-12-26(2)13-17-30/h7-19,21,23,34H,5-6,20,22,24-25H2,1-4H3,(H,40,44). The number of hydrogen-bond acceptors (Lipinski definition) is 6. The smallest absolute Gasteiger partial charge is 0.264 e. The third-order valence-electron chi connectivity index (χ3n) is 7.98. The molecule has 49 heavy (non-hydrogen) atoms. The molecule has 0 saturated carbocycles. The number of nitrogens with one attached hydrogen (secondary N) is 1. The zero-order valence-corrected chi connectivity index (χ0v) is 30.3. The maximum Gasteiger partial charge on any atom is 0.264 e. The van der Waals surface area contributed by atoms with Crippen LogP contribution in [0.4, 0.5) is 5.69 Å². The average Bonchev–Trinajstić information content (AvgIpc) is 3.10. The summed E-state index contributed by atoms with van der Waals surface area (Å²) in [4.78, 5) is 30.1. The van der Waals surface area contributed by atoms with Gasteiger partial charge in [-0.25, -0.2) is 8.42 Å². The van der Waals surface area contributed by atoms with Crippen molar-refractivity contribution >= 4 is 50.7 Å². The lowest BCUT2D eigenvalue weighted by Gasteiger charge is -2.34. The summed E-state index contributed by atoms with van der Waals surface area (Å²) < 4.78 is 40.9. The maximum absolute atomic E-state index is 14.7. The van der Waals surface area contributed by atoms with Crippen LogP contribution in [-0.2, 0) is 32.6 Å². The predicted molar refractivity (Wildman–Crippen MR) is 194 cm³/mol. The van der Waals surface area contributed by atoms with Crippen LogP contribution < -0.4 is 19.1 Å². The van der Waals surface area contributed by atoms with Gasteiger partial charge in [0.15, 0.2) is 0 Å². The lowest BCUT2D eigenvalue weighted by Crippen LogP contribution is -2.53. The Morgan fingerprint density at radius 2 is 1.57 bits per heavy atom. The first-order valence-electron chi connectivity index (χ1n) is 15.8. The van der Waals surface area contributed by atoms with Crippen molar-refractivity contribution in [2.75, 3.05) is 31.6 Å². The molecule has 12 heteroatoms. The Balaban J connectivity index is 1.87. The van der Waals surface area contributed by atoms with Gasteiger partial charge in [-0.2, -0.15) is 0 Å². The van der Waals surface area contributed by atoms with Gasteiger partial charge in [-0.05, 0) is 60.9 Å². The number of anilines is 1. The molecule has 2 amide bonds. The van der Waals surface area contributed by atoms with E-state index in [-0.39, 0.29) is 40.2 Å². The Labute approximate surface area is 298 Å². The fraction of sp³-hybridized carbons (Fsp3) is 0.297. The molecule has 0 bridgehead atoms. The van der Waals surface area contributed by atoms with Crippen LogP contribution in [0.1, 0.15) is 36.5 Å². The van der Waals surface area contributed by atoms with Crippen LogP contribution in [0.25, 0.3) is 0 Å². The summed E-state index contributed by atoms with van der Waals surface area (Å²) in [5.74, 6) is -0.424. The summed E-state index contributed by atoms with van der Waals surface area (Å²) >= 11 is 12.6. The summed E-state index contributed by atoms with van der Waals surface area (Å²) in [5, 5.41) is 3.59. The van der Waals surface area contributed by atoms with Crippen LogP contribution in [0.3, 0.4) is 0 Å². The molecule has 0 aliphatic rings. The number of aryl methyl sites for hydroxylation is 1. The van der Waals surface area contributed by atoms with Crippen molar-refractivity contribution in [2.24, 2.45) is 0 Å². The Morgan fingerprint density at radius 1 is 0.857 bits per heavy atom. The van der Waals surface area contributed by atoms with Gasteiger partial charge in [-0.15, -0.1) is 0 Å². The first-order valence-corrected chi connectivity index (χ1v) is 18.0. The van der Waals surface area contributed by atoms with Crippen molar-refractivity contribution in [3.05, 3.63) is 118 Å². The molecule has 0 aliphatic heterocycles. The van der Waals surface area contributed by atoms with Crippen LogP contribution >= 0.6 is 23.2 Å². The highest BCUT2D eigenvalue weighted by Crippen LogP contribution is 2.36. The summed E-state index contributed by atoms with van der Waals surface area (Å²) in [5.41, 5.74) is 2.39. The van der Waals surface area contributed by atoms with E-state index in [1.807, 2.05) is 44.2 Å². The number of carbonyl (C=O) groups excluding carboxylic acids is 2. The molecule has 4 rings (SSSR count). The van der Waals surface area contributed by atoms with E-state index < -0.39 is 28.5 Å². The van der Waals surface area contributed by atoms with E-state index in [9.17, 15) is 18.0 Å². The van der Waals surface area contributed by atoms with E-state index in [2.05, 4.69) is 5.32 Å². The molecule has 1 atom stereocenters. The van der Waals surface area contributed by atoms with Gasteiger partial charge < -0.3 is 19.7 Å². The van der Waals surface area contributed by atoms with Crippen molar-refractivity contribution in [2.45, 2.75) is 50.6 Å². The number of rotatable bonds is 16. The lowest BCUT2D eigenvalue weighted by atomic mass is 10.0. The van der Waals surface area contributed by atoms with Gasteiger partial charge in [-0.3, -0.25) is 13.9 Å². The van der Waals surface area contributed by atoms with Gasteiger partial charge in [0, 0.05) is 25.6 Å². The van der Waals surface area contributed by atoms with Crippen LogP contribution in [0, 0.1) is 6.92 Å². The van der Waals surface area contributed by atoms with Crippen LogP contribution in [-0.4, -0.2) is 58.5 Å². The molecule has 0 aliphatic carbocycles. The molecule has 1 N–H and O–H groups in total. The molecule has 0 radical (unpaired) electrons. The number of methoxy groups -OCH3 is 2. The number of unbranched alkanes of at least 4 members (excludes halogenated alkanes) is 1. The molecular weight excluding hydrogens is 685 g/mol. The highest BCUT2D eigenvalue weighted by atomic mass is 35.5. The zero-order chi connectivity index (χ0) is 35.6. The monoisotopic (exact) mass is 725 g/mol. The van der Waals surface area contributed by atoms with Gasteiger partial charge >= 0.3 is 0 Å². The lowest BCUT2D eigenvalue weighted by molar-refractivity contribution is -0.140.